The maximum Gasteiger partial charge on any atom is 0.202 e. The number of rotatable bonds is 5. The Balaban J connectivity index is 1.54. The minimum Gasteiger partial charge on any atom is -0.374 e. The summed E-state index contributed by atoms with van der Waals surface area (Å²) in [5, 5.41) is 4.43. The minimum absolute atomic E-state index is 0.0247. The summed E-state index contributed by atoms with van der Waals surface area (Å²) in [5.41, 5.74) is 0. The summed E-state index contributed by atoms with van der Waals surface area (Å²) in [4.78, 5) is 7.08. The normalized spacial score (nSPS) is 26.4. The molecule has 0 bridgehead atoms. The van der Waals surface area contributed by atoms with E-state index in [9.17, 15) is 0 Å². The van der Waals surface area contributed by atoms with E-state index in [-0.39, 0.29) is 6.10 Å². The lowest BCUT2D eigenvalue weighted by atomic mass is 10.3. The maximum absolute atomic E-state index is 5.22. The second kappa shape index (κ2) is 5.11. The van der Waals surface area contributed by atoms with Crippen LogP contribution in [0.25, 0.3) is 0 Å². The predicted octanol–water partition coefficient (Wildman–Crippen LogP) is 1.89. The molecule has 1 aliphatic heterocycles. The summed E-state index contributed by atoms with van der Waals surface area (Å²) in [7, 11) is 1.68. The molecule has 2 fully saturated rings. The molecule has 5 nitrogen and oxygen atoms in total. The average molecular weight is 268 g/mol. The molecule has 1 aromatic rings. The van der Waals surface area contributed by atoms with Gasteiger partial charge in [0.15, 0.2) is 5.82 Å². The van der Waals surface area contributed by atoms with Gasteiger partial charge in [-0.05, 0) is 26.2 Å². The second-order valence-corrected chi connectivity index (χ2v) is 5.94. The monoisotopic (exact) mass is 268 g/mol. The second-order valence-electron chi connectivity index (χ2n) is 5.19. The highest BCUT2D eigenvalue weighted by Crippen LogP contribution is 2.30. The van der Waals surface area contributed by atoms with Crippen molar-refractivity contribution in [2.75, 3.05) is 25.5 Å². The number of nitrogens with one attached hydrogen (secondary N) is 1. The Morgan fingerprint density at radius 2 is 2.28 bits per heavy atom. The summed E-state index contributed by atoms with van der Waals surface area (Å²) in [6, 6.07) is 1.40. The Morgan fingerprint density at radius 3 is 3.00 bits per heavy atom. The van der Waals surface area contributed by atoms with E-state index in [0.717, 1.165) is 23.5 Å². The van der Waals surface area contributed by atoms with Gasteiger partial charge in [0.1, 0.15) is 6.10 Å². The van der Waals surface area contributed by atoms with Crippen molar-refractivity contribution in [3.05, 3.63) is 5.82 Å². The molecule has 2 atom stereocenters. The molecule has 0 amide bonds. The van der Waals surface area contributed by atoms with Crippen molar-refractivity contribution in [1.82, 2.24) is 14.3 Å². The van der Waals surface area contributed by atoms with E-state index < -0.39 is 0 Å². The SMILES string of the molecule is COC(C)c1nsc(NC2CCN(C3CC3)C2)n1. The van der Waals surface area contributed by atoms with Gasteiger partial charge in [-0.15, -0.1) is 0 Å². The molecule has 0 radical (unpaired) electrons. The van der Waals surface area contributed by atoms with E-state index in [1.807, 2.05) is 6.92 Å². The Bertz CT molecular complexity index is 407. The number of hydrogen-bond donors (Lipinski definition) is 1. The number of hydrogen-bond acceptors (Lipinski definition) is 6. The number of ether oxygens (including phenoxy) is 1. The molecule has 1 aromatic heterocycles. The molecule has 1 N–H and O–H groups in total. The molecule has 100 valence electrons. The summed E-state index contributed by atoms with van der Waals surface area (Å²) in [6.07, 6.45) is 3.97. The van der Waals surface area contributed by atoms with Crippen LogP contribution in [-0.4, -0.2) is 46.5 Å². The third kappa shape index (κ3) is 2.65. The Labute approximate surface area is 112 Å². The first kappa shape index (κ1) is 12.3. The van der Waals surface area contributed by atoms with Crippen molar-refractivity contribution in [1.29, 1.82) is 0 Å². The first-order valence-electron chi connectivity index (χ1n) is 6.63. The molecular weight excluding hydrogens is 248 g/mol. The van der Waals surface area contributed by atoms with Crippen molar-refractivity contribution >= 4 is 16.7 Å². The lowest BCUT2D eigenvalue weighted by molar-refractivity contribution is 0.113. The Kier molecular flexibility index (Phi) is 3.50. The lowest BCUT2D eigenvalue weighted by Gasteiger charge is -2.14. The zero-order valence-electron chi connectivity index (χ0n) is 10.9. The fourth-order valence-electron chi connectivity index (χ4n) is 2.42. The van der Waals surface area contributed by atoms with Crippen molar-refractivity contribution in [3.8, 4) is 0 Å². The van der Waals surface area contributed by atoms with Crippen LogP contribution in [0.1, 0.15) is 38.1 Å². The molecule has 6 heteroatoms. The van der Waals surface area contributed by atoms with Gasteiger partial charge in [0.2, 0.25) is 5.13 Å². The summed E-state index contributed by atoms with van der Waals surface area (Å²) >= 11 is 1.43. The van der Waals surface area contributed by atoms with E-state index >= 15 is 0 Å². The molecule has 1 saturated heterocycles. The van der Waals surface area contributed by atoms with Gasteiger partial charge >= 0.3 is 0 Å². The van der Waals surface area contributed by atoms with Crippen LogP contribution in [0.2, 0.25) is 0 Å². The summed E-state index contributed by atoms with van der Waals surface area (Å²) < 4.78 is 9.55. The Hall–Kier alpha value is -0.720. The van der Waals surface area contributed by atoms with Crippen molar-refractivity contribution in [3.63, 3.8) is 0 Å². The highest BCUT2D eigenvalue weighted by molar-refractivity contribution is 7.09. The van der Waals surface area contributed by atoms with E-state index in [4.69, 9.17) is 4.74 Å². The molecule has 2 unspecified atom stereocenters. The summed E-state index contributed by atoms with van der Waals surface area (Å²) in [6.45, 7) is 4.35. The standard InChI is InChI=1S/C12H20N4OS/c1-8(17-2)11-14-12(18-15-11)13-9-5-6-16(7-9)10-3-4-10/h8-10H,3-7H2,1-2H3,(H,13,14,15). The minimum atomic E-state index is -0.0247. The van der Waals surface area contributed by atoms with E-state index in [1.165, 1.54) is 37.3 Å². The molecule has 0 aromatic carbocycles. The van der Waals surface area contributed by atoms with Crippen molar-refractivity contribution in [2.45, 2.75) is 44.4 Å². The first-order chi connectivity index (χ1) is 8.76. The van der Waals surface area contributed by atoms with Gasteiger partial charge in [0.25, 0.3) is 0 Å². The molecule has 1 aliphatic carbocycles. The van der Waals surface area contributed by atoms with Crippen molar-refractivity contribution in [2.24, 2.45) is 0 Å². The van der Waals surface area contributed by atoms with Crippen LogP contribution in [0.4, 0.5) is 5.13 Å². The zero-order valence-corrected chi connectivity index (χ0v) is 11.7. The Morgan fingerprint density at radius 1 is 1.44 bits per heavy atom. The third-order valence-corrected chi connectivity index (χ3v) is 4.43. The van der Waals surface area contributed by atoms with Crippen LogP contribution in [0.15, 0.2) is 0 Å². The van der Waals surface area contributed by atoms with Crippen LogP contribution in [-0.2, 0) is 4.74 Å². The number of nitrogens with zero attached hydrogens (tertiary/aromatic N) is 3. The molecule has 18 heavy (non-hydrogen) atoms. The van der Waals surface area contributed by atoms with Gasteiger partial charge in [-0.25, -0.2) is 4.98 Å². The molecule has 3 rings (SSSR count). The molecule has 1 saturated carbocycles. The van der Waals surface area contributed by atoms with Crippen LogP contribution in [0.3, 0.4) is 0 Å². The smallest absolute Gasteiger partial charge is 0.202 e. The highest BCUT2D eigenvalue weighted by Gasteiger charge is 2.34. The van der Waals surface area contributed by atoms with Crippen LogP contribution in [0.5, 0.6) is 0 Å². The maximum atomic E-state index is 5.22. The van der Waals surface area contributed by atoms with Crippen LogP contribution in [0, 0.1) is 0 Å². The van der Waals surface area contributed by atoms with Gasteiger partial charge in [0, 0.05) is 43.8 Å². The largest absolute Gasteiger partial charge is 0.374 e. The fraction of sp³-hybridized carbons (Fsp3) is 0.833. The molecule has 2 aliphatic rings. The van der Waals surface area contributed by atoms with Crippen LogP contribution < -0.4 is 5.32 Å². The number of anilines is 1. The third-order valence-electron chi connectivity index (χ3n) is 3.77. The van der Waals surface area contributed by atoms with E-state index in [0.29, 0.717) is 6.04 Å². The number of aromatic nitrogens is 2. The predicted molar refractivity (Wildman–Crippen MR) is 72.0 cm³/mol. The average Bonchev–Trinajstić information content (AvgIpc) is 2.96. The van der Waals surface area contributed by atoms with Crippen LogP contribution >= 0.6 is 11.5 Å². The number of likely N-dealkylation sites (tertiary alicyclic amines) is 1. The van der Waals surface area contributed by atoms with Gasteiger partial charge in [-0.2, -0.15) is 4.37 Å². The van der Waals surface area contributed by atoms with Gasteiger partial charge in [-0.3, -0.25) is 4.90 Å². The lowest BCUT2D eigenvalue weighted by Crippen LogP contribution is -2.27. The molecule has 0 spiro atoms. The first-order valence-corrected chi connectivity index (χ1v) is 7.40. The van der Waals surface area contributed by atoms with Gasteiger partial charge < -0.3 is 10.1 Å². The topological polar surface area (TPSA) is 50.3 Å². The highest BCUT2D eigenvalue weighted by atomic mass is 32.1. The van der Waals surface area contributed by atoms with E-state index in [1.54, 1.807) is 7.11 Å². The zero-order chi connectivity index (χ0) is 12.5. The number of methoxy groups -OCH3 is 1. The summed E-state index contributed by atoms with van der Waals surface area (Å²) in [5.74, 6) is 0.780. The van der Waals surface area contributed by atoms with E-state index in [2.05, 4.69) is 19.6 Å². The fourth-order valence-corrected chi connectivity index (χ4v) is 3.14. The van der Waals surface area contributed by atoms with Gasteiger partial charge in [-0.1, -0.05) is 0 Å². The van der Waals surface area contributed by atoms with Gasteiger partial charge in [0.05, 0.1) is 0 Å². The van der Waals surface area contributed by atoms with Crippen molar-refractivity contribution < 1.29 is 4.74 Å². The molecular formula is C12H20N4OS. The quantitative estimate of drug-likeness (QED) is 0.884. The molecule has 2 heterocycles.